The van der Waals surface area contributed by atoms with Crippen molar-refractivity contribution in [2.75, 3.05) is 20.3 Å². The summed E-state index contributed by atoms with van der Waals surface area (Å²) >= 11 is 0. The van der Waals surface area contributed by atoms with E-state index in [0.29, 0.717) is 11.8 Å². The summed E-state index contributed by atoms with van der Waals surface area (Å²) in [6.07, 6.45) is 0. The highest BCUT2D eigenvalue weighted by molar-refractivity contribution is 6.72. The maximum absolute atomic E-state index is 9.63. The van der Waals surface area contributed by atoms with Crippen molar-refractivity contribution < 1.29 is 18.8 Å². The molecule has 1 rings (SSSR count). The number of ether oxygens (including phenoxy) is 1. The van der Waals surface area contributed by atoms with Crippen LogP contribution in [0, 0.1) is 0 Å². The summed E-state index contributed by atoms with van der Waals surface area (Å²) in [5.74, 6) is 0. The van der Waals surface area contributed by atoms with Crippen molar-refractivity contribution in [2.45, 2.75) is 0 Å². The predicted molar refractivity (Wildman–Crippen MR) is 54.1 cm³/mol. The van der Waals surface area contributed by atoms with Gasteiger partial charge in [0, 0.05) is 12.3 Å². The van der Waals surface area contributed by atoms with Crippen molar-refractivity contribution in [1.82, 2.24) is 0 Å². The molecule has 0 amide bonds. The lowest BCUT2D eigenvalue weighted by atomic mass is 10.4. The molecule has 0 saturated carbocycles. The fraction of sp³-hybridized carbons (Fsp3) is 0.333. The van der Waals surface area contributed by atoms with Gasteiger partial charge in [-0.25, -0.2) is 0 Å². The highest BCUT2D eigenvalue weighted by Crippen LogP contribution is 1.97. The van der Waals surface area contributed by atoms with Crippen LogP contribution in [-0.2, 0) is 9.16 Å². The fourth-order valence-electron chi connectivity index (χ4n) is 1.01. The summed E-state index contributed by atoms with van der Waals surface area (Å²) in [6, 6.07) is 8.56. The van der Waals surface area contributed by atoms with Gasteiger partial charge in [-0.3, -0.25) is 0 Å². The van der Waals surface area contributed by atoms with Crippen molar-refractivity contribution in [3.8, 4) is 0 Å². The molecule has 5 heteroatoms. The largest absolute Gasteiger partial charge is 0.531 e. The normalized spacial score (nSPS) is 11.6. The van der Waals surface area contributed by atoms with Crippen LogP contribution in [0.3, 0.4) is 0 Å². The Morgan fingerprint density at radius 2 is 1.79 bits per heavy atom. The number of methoxy groups -OCH3 is 1. The van der Waals surface area contributed by atoms with Gasteiger partial charge < -0.3 is 18.8 Å². The summed E-state index contributed by atoms with van der Waals surface area (Å²) < 4.78 is 9.73. The Morgan fingerprint density at radius 1 is 1.14 bits per heavy atom. The molecule has 0 aliphatic heterocycles. The second-order valence-corrected chi connectivity index (χ2v) is 4.90. The Morgan fingerprint density at radius 3 is 2.36 bits per heavy atom. The number of hydrogen-bond donors (Lipinski definition) is 2. The van der Waals surface area contributed by atoms with Gasteiger partial charge in [0.25, 0.3) is 0 Å². The molecule has 4 nitrogen and oxygen atoms in total. The Bertz CT molecular complexity index is 263. The van der Waals surface area contributed by atoms with Crippen molar-refractivity contribution in [2.24, 2.45) is 0 Å². The molecule has 78 valence electrons. The van der Waals surface area contributed by atoms with E-state index in [9.17, 15) is 9.59 Å². The van der Waals surface area contributed by atoms with Crippen molar-refractivity contribution in [1.29, 1.82) is 0 Å². The average molecular weight is 214 g/mol. The van der Waals surface area contributed by atoms with E-state index in [1.54, 1.807) is 24.3 Å². The summed E-state index contributed by atoms with van der Waals surface area (Å²) in [5.41, 5.74) is 0. The van der Waals surface area contributed by atoms with Gasteiger partial charge in [0.1, 0.15) is 0 Å². The van der Waals surface area contributed by atoms with E-state index in [2.05, 4.69) is 0 Å². The molecule has 1 aromatic carbocycles. The van der Waals surface area contributed by atoms with Gasteiger partial charge >= 0.3 is 8.80 Å². The molecule has 0 aromatic heterocycles. The minimum atomic E-state index is -3.70. The fourth-order valence-corrected chi connectivity index (χ4v) is 2.17. The summed E-state index contributed by atoms with van der Waals surface area (Å²) in [5, 5.41) is 0.441. The lowest BCUT2D eigenvalue weighted by Gasteiger charge is -2.17. The minimum absolute atomic E-state index is 0.185. The summed E-state index contributed by atoms with van der Waals surface area (Å²) in [6.45, 7) is 0.535. The van der Waals surface area contributed by atoms with Gasteiger partial charge in [0.2, 0.25) is 0 Å². The van der Waals surface area contributed by atoms with E-state index in [1.165, 1.54) is 7.11 Å². The summed E-state index contributed by atoms with van der Waals surface area (Å²) in [7, 11) is -2.17. The van der Waals surface area contributed by atoms with E-state index >= 15 is 0 Å². The minimum Gasteiger partial charge on any atom is -0.386 e. The first-order chi connectivity index (χ1) is 6.67. The van der Waals surface area contributed by atoms with E-state index < -0.39 is 8.80 Å². The van der Waals surface area contributed by atoms with Gasteiger partial charge in [-0.2, -0.15) is 0 Å². The molecule has 0 heterocycles. The molecular formula is C9H14O4Si. The van der Waals surface area contributed by atoms with Gasteiger partial charge in [-0.05, 0) is 0 Å². The molecule has 0 bridgehead atoms. The second kappa shape index (κ2) is 5.23. The molecule has 0 radical (unpaired) electrons. The van der Waals surface area contributed by atoms with Crippen LogP contribution in [0.4, 0.5) is 0 Å². The van der Waals surface area contributed by atoms with E-state index in [4.69, 9.17) is 9.16 Å². The van der Waals surface area contributed by atoms with Crippen LogP contribution in [0.25, 0.3) is 0 Å². The SMILES string of the molecule is COCCO[Si](O)(O)c1ccccc1. The average Bonchev–Trinajstić information content (AvgIpc) is 2.19. The van der Waals surface area contributed by atoms with Gasteiger partial charge in [0.15, 0.2) is 0 Å². The highest BCUT2D eigenvalue weighted by Gasteiger charge is 2.34. The van der Waals surface area contributed by atoms with Crippen molar-refractivity contribution in [3.63, 3.8) is 0 Å². The Kier molecular flexibility index (Phi) is 4.24. The van der Waals surface area contributed by atoms with E-state index in [-0.39, 0.29) is 6.61 Å². The van der Waals surface area contributed by atoms with Gasteiger partial charge in [0.05, 0.1) is 13.2 Å². The molecule has 14 heavy (non-hydrogen) atoms. The zero-order valence-corrected chi connectivity index (χ0v) is 9.01. The Balaban J connectivity index is 2.56. The van der Waals surface area contributed by atoms with Crippen LogP contribution in [0.5, 0.6) is 0 Å². The first-order valence-corrected chi connectivity index (χ1v) is 6.10. The first kappa shape index (κ1) is 11.4. The molecule has 2 N–H and O–H groups in total. The third-order valence-corrected chi connectivity index (χ3v) is 3.43. The Hall–Kier alpha value is -0.723. The van der Waals surface area contributed by atoms with Gasteiger partial charge in [-0.1, -0.05) is 30.3 Å². The van der Waals surface area contributed by atoms with E-state index in [0.717, 1.165) is 0 Å². The zero-order valence-electron chi connectivity index (χ0n) is 8.01. The number of hydrogen-bond acceptors (Lipinski definition) is 4. The smallest absolute Gasteiger partial charge is 0.386 e. The van der Waals surface area contributed by atoms with Crippen LogP contribution in [0.2, 0.25) is 0 Å². The first-order valence-electron chi connectivity index (χ1n) is 4.30. The maximum atomic E-state index is 9.63. The molecule has 0 aliphatic carbocycles. The molecule has 0 fully saturated rings. The standard InChI is InChI=1S/C9H14O4Si/c1-12-7-8-13-14(10,11)9-5-3-2-4-6-9/h2-6,10-11H,7-8H2,1H3. The molecule has 0 unspecified atom stereocenters. The monoisotopic (exact) mass is 214 g/mol. The van der Waals surface area contributed by atoms with Crippen molar-refractivity contribution >= 4 is 14.0 Å². The van der Waals surface area contributed by atoms with Crippen LogP contribution in [0.1, 0.15) is 0 Å². The van der Waals surface area contributed by atoms with Crippen LogP contribution < -0.4 is 5.19 Å². The van der Waals surface area contributed by atoms with Crippen LogP contribution >= 0.6 is 0 Å². The second-order valence-electron chi connectivity index (χ2n) is 2.82. The number of rotatable bonds is 5. The zero-order chi connectivity index (χ0) is 10.4. The topological polar surface area (TPSA) is 58.9 Å². The van der Waals surface area contributed by atoms with Crippen LogP contribution in [0.15, 0.2) is 30.3 Å². The Labute approximate surface area is 84.1 Å². The third kappa shape index (κ3) is 3.21. The van der Waals surface area contributed by atoms with E-state index in [1.807, 2.05) is 6.07 Å². The molecule has 0 atom stereocenters. The molecule has 1 aromatic rings. The highest BCUT2D eigenvalue weighted by atomic mass is 28.4. The molecular weight excluding hydrogens is 200 g/mol. The lowest BCUT2D eigenvalue weighted by molar-refractivity contribution is 0.101. The lowest BCUT2D eigenvalue weighted by Crippen LogP contribution is -2.52. The molecule has 0 saturated heterocycles. The van der Waals surface area contributed by atoms with Gasteiger partial charge in [-0.15, -0.1) is 0 Å². The molecule has 0 aliphatic rings. The summed E-state index contributed by atoms with van der Waals surface area (Å²) in [4.78, 5) is 19.3. The number of benzene rings is 1. The quantitative estimate of drug-likeness (QED) is 0.511. The maximum Gasteiger partial charge on any atom is 0.531 e. The van der Waals surface area contributed by atoms with Crippen LogP contribution in [-0.4, -0.2) is 38.7 Å². The predicted octanol–water partition coefficient (Wildman–Crippen LogP) is -0.520. The third-order valence-electron chi connectivity index (χ3n) is 1.74. The molecule has 0 spiro atoms. The van der Waals surface area contributed by atoms with Crippen molar-refractivity contribution in [3.05, 3.63) is 30.3 Å².